The molecule has 0 heterocycles. The van der Waals surface area contributed by atoms with Crippen LogP contribution < -0.4 is 10.6 Å². The highest BCUT2D eigenvalue weighted by atomic mass is 16.5. The van der Waals surface area contributed by atoms with E-state index in [1.807, 2.05) is 36.4 Å². The number of methoxy groups -OCH3 is 1. The average molecular weight is 287 g/mol. The number of rotatable bonds is 6. The molecule has 0 amide bonds. The lowest BCUT2D eigenvalue weighted by molar-refractivity contribution is 0.205. The molecule has 0 aliphatic rings. The molecule has 0 atom stereocenters. The van der Waals surface area contributed by atoms with Crippen molar-refractivity contribution in [3.8, 4) is 0 Å². The largest absolute Gasteiger partial charge is 0.409 e. The zero-order valence-corrected chi connectivity index (χ0v) is 12.4. The zero-order valence-electron chi connectivity index (χ0n) is 12.4. The van der Waals surface area contributed by atoms with Crippen LogP contribution in [0.2, 0.25) is 0 Å². The molecular formula is C16H21N3O2. The number of hydrogen-bond donors (Lipinski definition) is 2. The Kier molecular flexibility index (Phi) is 5.00. The van der Waals surface area contributed by atoms with Gasteiger partial charge in [-0.15, -0.1) is 0 Å². The fraction of sp³-hybridized carbons (Fsp3) is 0.312. The van der Waals surface area contributed by atoms with Crippen LogP contribution in [-0.2, 0) is 4.74 Å². The van der Waals surface area contributed by atoms with E-state index in [0.717, 1.165) is 35.1 Å². The number of oxime groups is 1. The first-order valence-corrected chi connectivity index (χ1v) is 6.96. The normalized spacial score (nSPS) is 11.8. The van der Waals surface area contributed by atoms with Crippen molar-refractivity contribution in [1.29, 1.82) is 0 Å². The van der Waals surface area contributed by atoms with E-state index in [-0.39, 0.29) is 5.84 Å². The molecule has 0 aliphatic carbocycles. The van der Waals surface area contributed by atoms with E-state index in [4.69, 9.17) is 15.7 Å². The Bertz CT molecular complexity index is 640. The monoisotopic (exact) mass is 287 g/mol. The van der Waals surface area contributed by atoms with Gasteiger partial charge in [-0.25, -0.2) is 0 Å². The third-order valence-corrected chi connectivity index (χ3v) is 3.57. The molecular weight excluding hydrogens is 266 g/mol. The summed E-state index contributed by atoms with van der Waals surface area (Å²) in [6.07, 6.45) is 0. The molecule has 0 radical (unpaired) electrons. The quantitative estimate of drug-likeness (QED) is 0.370. The molecule has 21 heavy (non-hydrogen) atoms. The minimum Gasteiger partial charge on any atom is -0.409 e. The second-order valence-corrected chi connectivity index (χ2v) is 4.74. The third kappa shape index (κ3) is 3.08. The number of nitrogens with zero attached hydrogens (tertiary/aromatic N) is 2. The van der Waals surface area contributed by atoms with Crippen molar-refractivity contribution in [3.63, 3.8) is 0 Å². The van der Waals surface area contributed by atoms with E-state index in [9.17, 15) is 0 Å². The second-order valence-electron chi connectivity index (χ2n) is 4.74. The van der Waals surface area contributed by atoms with Gasteiger partial charge in [0.15, 0.2) is 5.84 Å². The van der Waals surface area contributed by atoms with Crippen LogP contribution in [0.15, 0.2) is 41.6 Å². The molecule has 5 nitrogen and oxygen atoms in total. The predicted molar refractivity (Wildman–Crippen MR) is 86.2 cm³/mol. The van der Waals surface area contributed by atoms with Gasteiger partial charge < -0.3 is 20.6 Å². The lowest BCUT2D eigenvalue weighted by Gasteiger charge is -2.25. The maximum atomic E-state index is 8.92. The first-order valence-electron chi connectivity index (χ1n) is 6.96. The number of likely N-dealkylation sites (N-methyl/N-ethyl adjacent to an activating group) is 1. The van der Waals surface area contributed by atoms with Crippen molar-refractivity contribution in [1.82, 2.24) is 0 Å². The van der Waals surface area contributed by atoms with Crippen LogP contribution in [-0.4, -0.2) is 37.8 Å². The minimum atomic E-state index is 0.123. The zero-order chi connectivity index (χ0) is 15.2. The lowest BCUT2D eigenvalue weighted by Crippen LogP contribution is -2.27. The van der Waals surface area contributed by atoms with Crippen LogP contribution in [0.5, 0.6) is 0 Å². The summed E-state index contributed by atoms with van der Waals surface area (Å²) in [6, 6.07) is 11.9. The molecule has 2 rings (SSSR count). The van der Waals surface area contributed by atoms with E-state index in [2.05, 4.69) is 17.0 Å². The Balaban J connectivity index is 2.56. The van der Waals surface area contributed by atoms with Gasteiger partial charge in [0.1, 0.15) is 0 Å². The van der Waals surface area contributed by atoms with E-state index in [0.29, 0.717) is 6.61 Å². The van der Waals surface area contributed by atoms with E-state index in [1.54, 1.807) is 7.11 Å². The smallest absolute Gasteiger partial charge is 0.170 e. The lowest BCUT2D eigenvalue weighted by atomic mass is 10.0. The number of anilines is 1. The molecule has 0 aromatic heterocycles. The van der Waals surface area contributed by atoms with Crippen molar-refractivity contribution < 1.29 is 9.94 Å². The molecule has 3 N–H and O–H groups in total. The second kappa shape index (κ2) is 6.95. The molecule has 2 aromatic rings. The molecule has 0 bridgehead atoms. The van der Waals surface area contributed by atoms with Crippen molar-refractivity contribution in [2.75, 3.05) is 31.7 Å². The van der Waals surface area contributed by atoms with Crippen LogP contribution in [0.4, 0.5) is 5.69 Å². The Morgan fingerprint density at radius 2 is 1.95 bits per heavy atom. The predicted octanol–water partition coefficient (Wildman–Crippen LogP) is 2.41. The maximum Gasteiger partial charge on any atom is 0.170 e. The summed E-state index contributed by atoms with van der Waals surface area (Å²) in [5, 5.41) is 14.1. The van der Waals surface area contributed by atoms with Gasteiger partial charge in [-0.05, 0) is 24.4 Å². The summed E-state index contributed by atoms with van der Waals surface area (Å²) in [4.78, 5) is 2.25. The summed E-state index contributed by atoms with van der Waals surface area (Å²) >= 11 is 0. The standard InChI is InChI=1S/C16H21N3O2/c1-3-19(10-11-21-2)15-9-8-14(16(17)18-20)12-6-4-5-7-13(12)15/h4-9,20H,3,10-11H2,1-2H3,(H2,17,18). The number of benzene rings is 2. The van der Waals surface area contributed by atoms with Gasteiger partial charge in [0, 0.05) is 36.8 Å². The topological polar surface area (TPSA) is 71.1 Å². The summed E-state index contributed by atoms with van der Waals surface area (Å²) < 4.78 is 5.17. The Morgan fingerprint density at radius 3 is 2.57 bits per heavy atom. The van der Waals surface area contributed by atoms with Gasteiger partial charge in [0.05, 0.1) is 6.61 Å². The van der Waals surface area contributed by atoms with Crippen LogP contribution in [0, 0.1) is 0 Å². The summed E-state index contributed by atoms with van der Waals surface area (Å²) in [5.74, 6) is 0.123. The number of amidine groups is 1. The van der Waals surface area contributed by atoms with Crippen LogP contribution >= 0.6 is 0 Å². The SMILES string of the molecule is CCN(CCOC)c1ccc(/C(N)=N/O)c2ccccc12. The van der Waals surface area contributed by atoms with Gasteiger partial charge in [-0.3, -0.25) is 0 Å². The Morgan fingerprint density at radius 1 is 1.24 bits per heavy atom. The maximum absolute atomic E-state index is 8.92. The van der Waals surface area contributed by atoms with Gasteiger partial charge in [0.25, 0.3) is 0 Å². The van der Waals surface area contributed by atoms with Crippen molar-refractivity contribution in [2.45, 2.75) is 6.92 Å². The molecule has 0 saturated heterocycles. The third-order valence-electron chi connectivity index (χ3n) is 3.57. The number of ether oxygens (including phenoxy) is 1. The minimum absolute atomic E-state index is 0.123. The number of fused-ring (bicyclic) bond motifs is 1. The van der Waals surface area contributed by atoms with Gasteiger partial charge >= 0.3 is 0 Å². The summed E-state index contributed by atoms with van der Waals surface area (Å²) in [5.41, 5.74) is 7.63. The molecule has 2 aromatic carbocycles. The van der Waals surface area contributed by atoms with Gasteiger partial charge in [-0.2, -0.15) is 0 Å². The molecule has 5 heteroatoms. The molecule has 0 aliphatic heterocycles. The van der Waals surface area contributed by atoms with Crippen LogP contribution in [0.1, 0.15) is 12.5 Å². The van der Waals surface area contributed by atoms with Crippen molar-refractivity contribution >= 4 is 22.3 Å². The Hall–Kier alpha value is -2.27. The van der Waals surface area contributed by atoms with E-state index >= 15 is 0 Å². The van der Waals surface area contributed by atoms with E-state index in [1.165, 1.54) is 0 Å². The highest BCUT2D eigenvalue weighted by Crippen LogP contribution is 2.29. The van der Waals surface area contributed by atoms with Gasteiger partial charge in [0.2, 0.25) is 0 Å². The molecule has 112 valence electrons. The van der Waals surface area contributed by atoms with Gasteiger partial charge in [-0.1, -0.05) is 29.4 Å². The Labute approximate surface area is 124 Å². The van der Waals surface area contributed by atoms with Crippen molar-refractivity contribution in [2.24, 2.45) is 10.9 Å². The fourth-order valence-corrected chi connectivity index (χ4v) is 2.49. The molecule has 0 spiro atoms. The van der Waals surface area contributed by atoms with Crippen molar-refractivity contribution in [3.05, 3.63) is 42.0 Å². The van der Waals surface area contributed by atoms with E-state index < -0.39 is 0 Å². The average Bonchev–Trinajstić information content (AvgIpc) is 2.54. The first-order chi connectivity index (χ1) is 10.2. The highest BCUT2D eigenvalue weighted by molar-refractivity contribution is 6.11. The molecule has 0 saturated carbocycles. The highest BCUT2D eigenvalue weighted by Gasteiger charge is 2.12. The molecule has 0 fully saturated rings. The van der Waals surface area contributed by atoms with Crippen LogP contribution in [0.25, 0.3) is 10.8 Å². The summed E-state index contributed by atoms with van der Waals surface area (Å²) in [6.45, 7) is 4.49. The number of nitrogens with two attached hydrogens (primary N) is 1. The molecule has 0 unspecified atom stereocenters. The first kappa shape index (κ1) is 15.1. The summed E-state index contributed by atoms with van der Waals surface area (Å²) in [7, 11) is 1.70. The van der Waals surface area contributed by atoms with Crippen LogP contribution in [0.3, 0.4) is 0 Å². The number of hydrogen-bond acceptors (Lipinski definition) is 4. The fourth-order valence-electron chi connectivity index (χ4n) is 2.49.